The van der Waals surface area contributed by atoms with Crippen LogP contribution in [0, 0.1) is 0 Å². The predicted octanol–water partition coefficient (Wildman–Crippen LogP) is 6.22. The number of thioether (sulfide) groups is 1. The Bertz CT molecular complexity index is 980. The second kappa shape index (κ2) is 9.18. The maximum Gasteiger partial charge on any atom is 0.288 e. The van der Waals surface area contributed by atoms with Crippen LogP contribution in [0.5, 0.6) is 0 Å². The van der Waals surface area contributed by atoms with Crippen molar-refractivity contribution < 1.29 is 18.4 Å². The van der Waals surface area contributed by atoms with E-state index in [1.165, 1.54) is 53.8 Å². The van der Waals surface area contributed by atoms with E-state index in [0.29, 0.717) is 37.9 Å². The first kappa shape index (κ1) is 20.3. The van der Waals surface area contributed by atoms with Crippen molar-refractivity contribution in [2.75, 3.05) is 10.6 Å². The lowest BCUT2D eigenvalue weighted by atomic mass is 10.1. The molecular weight excluding hydrogens is 426 g/mol. The standard InChI is InChI=1S/C19H13ClF2N2O2S2/c20-14-8-3-11(10-15(14)24-18(26)16-2-1-9-27-16)17(25)23-12-4-6-13(7-5-12)28-19(21)22/h1-10,19H,(H,23,25)(H,24,26). The summed E-state index contributed by atoms with van der Waals surface area (Å²) in [4.78, 5) is 25.6. The van der Waals surface area contributed by atoms with Crippen LogP contribution < -0.4 is 10.6 Å². The fourth-order valence-corrected chi connectivity index (χ4v) is 3.56. The molecule has 0 radical (unpaired) electrons. The predicted molar refractivity (Wildman–Crippen MR) is 110 cm³/mol. The molecule has 28 heavy (non-hydrogen) atoms. The Balaban J connectivity index is 1.70. The number of thiophene rings is 1. The third-order valence-electron chi connectivity index (χ3n) is 3.56. The molecule has 0 atom stereocenters. The van der Waals surface area contributed by atoms with Gasteiger partial charge in [0, 0.05) is 16.1 Å². The van der Waals surface area contributed by atoms with Crippen LogP contribution in [0.4, 0.5) is 20.2 Å². The number of rotatable bonds is 6. The van der Waals surface area contributed by atoms with Crippen LogP contribution in [-0.2, 0) is 0 Å². The first-order chi connectivity index (χ1) is 13.4. The number of halogens is 3. The number of nitrogens with one attached hydrogen (secondary N) is 2. The van der Waals surface area contributed by atoms with Gasteiger partial charge in [-0.05, 0) is 53.9 Å². The molecule has 2 aromatic carbocycles. The minimum absolute atomic E-state index is 0.289. The highest BCUT2D eigenvalue weighted by Crippen LogP contribution is 2.27. The Hall–Kier alpha value is -2.42. The monoisotopic (exact) mass is 438 g/mol. The summed E-state index contributed by atoms with van der Waals surface area (Å²) in [5.41, 5.74) is 1.07. The average Bonchev–Trinajstić information content (AvgIpc) is 3.19. The molecular formula is C19H13ClF2N2O2S2. The van der Waals surface area contributed by atoms with Gasteiger partial charge < -0.3 is 10.6 Å². The van der Waals surface area contributed by atoms with E-state index in [1.54, 1.807) is 17.5 Å². The molecule has 0 aliphatic carbocycles. The second-order valence-electron chi connectivity index (χ2n) is 5.48. The van der Waals surface area contributed by atoms with Gasteiger partial charge >= 0.3 is 0 Å². The molecule has 4 nitrogen and oxygen atoms in total. The van der Waals surface area contributed by atoms with Gasteiger partial charge in [-0.2, -0.15) is 8.78 Å². The lowest BCUT2D eigenvalue weighted by molar-refractivity contribution is 0.101. The highest BCUT2D eigenvalue weighted by atomic mass is 35.5. The van der Waals surface area contributed by atoms with Gasteiger partial charge in [-0.3, -0.25) is 9.59 Å². The van der Waals surface area contributed by atoms with Crippen molar-refractivity contribution in [2.45, 2.75) is 10.7 Å². The van der Waals surface area contributed by atoms with E-state index >= 15 is 0 Å². The number of benzene rings is 2. The number of amides is 2. The largest absolute Gasteiger partial charge is 0.322 e. The Morgan fingerprint density at radius 3 is 2.39 bits per heavy atom. The van der Waals surface area contributed by atoms with Crippen molar-refractivity contribution in [3.8, 4) is 0 Å². The summed E-state index contributed by atoms with van der Waals surface area (Å²) in [6.07, 6.45) is 0. The molecule has 0 aliphatic heterocycles. The summed E-state index contributed by atoms with van der Waals surface area (Å²) in [7, 11) is 0. The Kier molecular flexibility index (Phi) is 6.66. The van der Waals surface area contributed by atoms with Crippen LogP contribution in [0.3, 0.4) is 0 Å². The van der Waals surface area contributed by atoms with E-state index in [-0.39, 0.29) is 11.5 Å². The fourth-order valence-electron chi connectivity index (χ4n) is 2.28. The molecule has 2 N–H and O–H groups in total. The lowest BCUT2D eigenvalue weighted by Gasteiger charge is -2.10. The fraction of sp³-hybridized carbons (Fsp3) is 0.0526. The normalized spacial score (nSPS) is 10.7. The SMILES string of the molecule is O=C(Nc1ccc(SC(F)F)cc1)c1ccc(Cl)c(NC(=O)c2cccs2)c1. The third-order valence-corrected chi connectivity index (χ3v) is 5.48. The molecule has 0 aliphatic rings. The maximum atomic E-state index is 12.5. The molecule has 0 unspecified atom stereocenters. The van der Waals surface area contributed by atoms with Crippen molar-refractivity contribution >= 4 is 57.9 Å². The van der Waals surface area contributed by atoms with Crippen molar-refractivity contribution in [3.05, 3.63) is 75.4 Å². The first-order valence-electron chi connectivity index (χ1n) is 7.93. The van der Waals surface area contributed by atoms with Crippen molar-refractivity contribution in [1.82, 2.24) is 0 Å². The smallest absolute Gasteiger partial charge is 0.288 e. The zero-order chi connectivity index (χ0) is 20.1. The summed E-state index contributed by atoms with van der Waals surface area (Å²) in [5, 5.41) is 7.44. The maximum absolute atomic E-state index is 12.5. The van der Waals surface area contributed by atoms with E-state index < -0.39 is 11.7 Å². The highest BCUT2D eigenvalue weighted by Gasteiger charge is 2.13. The molecule has 9 heteroatoms. The molecule has 144 valence electrons. The summed E-state index contributed by atoms with van der Waals surface area (Å²) in [6.45, 7) is 0. The zero-order valence-electron chi connectivity index (χ0n) is 14.1. The number of carbonyl (C=O) groups is 2. The number of hydrogen-bond acceptors (Lipinski definition) is 4. The molecule has 1 heterocycles. The van der Waals surface area contributed by atoms with Crippen LogP contribution in [0.25, 0.3) is 0 Å². The zero-order valence-corrected chi connectivity index (χ0v) is 16.5. The Morgan fingerprint density at radius 1 is 1.00 bits per heavy atom. The van der Waals surface area contributed by atoms with E-state index in [1.807, 2.05) is 0 Å². The summed E-state index contributed by atoms with van der Waals surface area (Å²) >= 11 is 7.84. The average molecular weight is 439 g/mol. The van der Waals surface area contributed by atoms with Gasteiger partial charge in [0.2, 0.25) is 0 Å². The van der Waals surface area contributed by atoms with E-state index in [0.717, 1.165) is 0 Å². The molecule has 3 rings (SSSR count). The van der Waals surface area contributed by atoms with Gasteiger partial charge in [0.1, 0.15) is 0 Å². The van der Waals surface area contributed by atoms with Crippen molar-refractivity contribution in [2.24, 2.45) is 0 Å². The van der Waals surface area contributed by atoms with Crippen LogP contribution in [0.15, 0.2) is 64.9 Å². The van der Waals surface area contributed by atoms with E-state index in [4.69, 9.17) is 11.6 Å². The molecule has 0 fully saturated rings. The summed E-state index contributed by atoms with van der Waals surface area (Å²) < 4.78 is 24.7. The third kappa shape index (κ3) is 5.31. The minimum atomic E-state index is -2.50. The Labute approximate surface area is 172 Å². The number of carbonyl (C=O) groups excluding carboxylic acids is 2. The Morgan fingerprint density at radius 2 is 1.75 bits per heavy atom. The molecule has 0 spiro atoms. The molecule has 0 saturated heterocycles. The van der Waals surface area contributed by atoms with Crippen molar-refractivity contribution in [1.29, 1.82) is 0 Å². The number of hydrogen-bond donors (Lipinski definition) is 2. The minimum Gasteiger partial charge on any atom is -0.322 e. The van der Waals surface area contributed by atoms with Crippen LogP contribution in [-0.4, -0.2) is 17.6 Å². The van der Waals surface area contributed by atoms with Crippen molar-refractivity contribution in [3.63, 3.8) is 0 Å². The first-order valence-corrected chi connectivity index (χ1v) is 10.1. The molecule has 0 bridgehead atoms. The van der Waals surface area contributed by atoms with E-state index in [2.05, 4.69) is 10.6 Å². The van der Waals surface area contributed by atoms with Gasteiger partial charge in [0.05, 0.1) is 15.6 Å². The van der Waals surface area contributed by atoms with Gasteiger partial charge in [-0.1, -0.05) is 29.4 Å². The molecule has 3 aromatic rings. The lowest BCUT2D eigenvalue weighted by Crippen LogP contribution is -2.14. The molecule has 1 aromatic heterocycles. The number of anilines is 2. The molecule has 0 saturated carbocycles. The quantitative estimate of drug-likeness (QED) is 0.449. The van der Waals surface area contributed by atoms with Crippen LogP contribution in [0.2, 0.25) is 5.02 Å². The van der Waals surface area contributed by atoms with Gasteiger partial charge in [0.15, 0.2) is 0 Å². The second-order valence-corrected chi connectivity index (χ2v) is 7.90. The highest BCUT2D eigenvalue weighted by molar-refractivity contribution is 7.99. The van der Waals surface area contributed by atoms with Crippen LogP contribution >= 0.6 is 34.7 Å². The summed E-state index contributed by atoms with van der Waals surface area (Å²) in [6, 6.07) is 14.0. The van der Waals surface area contributed by atoms with Gasteiger partial charge in [-0.15, -0.1) is 11.3 Å². The van der Waals surface area contributed by atoms with E-state index in [9.17, 15) is 18.4 Å². The van der Waals surface area contributed by atoms with Gasteiger partial charge in [0.25, 0.3) is 17.6 Å². The summed E-state index contributed by atoms with van der Waals surface area (Å²) in [5.74, 6) is -3.24. The topological polar surface area (TPSA) is 58.2 Å². The number of alkyl halides is 2. The van der Waals surface area contributed by atoms with Crippen LogP contribution in [0.1, 0.15) is 20.0 Å². The molecule has 2 amide bonds. The van der Waals surface area contributed by atoms with Gasteiger partial charge in [-0.25, -0.2) is 0 Å².